The monoisotopic (exact) mass is 823 g/mol. The SMILES string of the molecule is CS(=O)(=O)C1CCC(Nc2nccc(-c3sc(C45CC(C(F)(F)F)(C4)C5)nc3-c3cccc(NS(=O)(=O)c4c(Cl)cccc4C(F)(F)F)c3F)n2)CC1. The lowest BCUT2D eigenvalue weighted by Gasteiger charge is -2.69. The Balaban J connectivity index is 1.25. The van der Waals surface area contributed by atoms with E-state index in [-0.39, 0.29) is 53.1 Å². The highest BCUT2D eigenvalue weighted by Crippen LogP contribution is 2.79. The fourth-order valence-electron chi connectivity index (χ4n) is 7.59. The molecule has 4 fully saturated rings. The Kier molecular flexibility index (Phi) is 9.09. The van der Waals surface area contributed by atoms with Crippen molar-refractivity contribution in [3.8, 4) is 21.8 Å². The molecular formula is C33H29ClF7N5O4S3. The summed E-state index contributed by atoms with van der Waals surface area (Å²) in [6, 6.07) is 7.22. The van der Waals surface area contributed by atoms with E-state index < -0.39 is 75.3 Å². The second kappa shape index (κ2) is 12.8. The van der Waals surface area contributed by atoms with Crippen LogP contribution in [0.4, 0.5) is 42.4 Å². The van der Waals surface area contributed by atoms with Gasteiger partial charge >= 0.3 is 12.4 Å². The zero-order valence-corrected chi connectivity index (χ0v) is 30.7. The van der Waals surface area contributed by atoms with E-state index in [1.807, 2.05) is 4.72 Å². The maximum Gasteiger partial charge on any atom is 0.417 e. The highest BCUT2D eigenvalue weighted by Gasteiger charge is 2.79. The minimum atomic E-state index is -5.13. The van der Waals surface area contributed by atoms with Crippen molar-refractivity contribution in [3.05, 3.63) is 70.1 Å². The highest BCUT2D eigenvalue weighted by atomic mass is 35.5. The topological polar surface area (TPSA) is 131 Å². The van der Waals surface area contributed by atoms with E-state index in [1.165, 1.54) is 30.7 Å². The van der Waals surface area contributed by atoms with Crippen LogP contribution < -0.4 is 10.0 Å². The molecule has 4 aliphatic carbocycles. The van der Waals surface area contributed by atoms with Crippen molar-refractivity contribution in [2.45, 2.75) is 78.9 Å². The molecule has 9 nitrogen and oxygen atoms in total. The number of aromatic nitrogens is 3. The number of sulfonamides is 1. The van der Waals surface area contributed by atoms with Gasteiger partial charge in [-0.05, 0) is 75.3 Å². The van der Waals surface area contributed by atoms with E-state index in [9.17, 15) is 43.2 Å². The van der Waals surface area contributed by atoms with Crippen LogP contribution >= 0.6 is 22.9 Å². The number of sulfone groups is 1. The van der Waals surface area contributed by atoms with E-state index in [0.717, 1.165) is 29.5 Å². The van der Waals surface area contributed by atoms with Gasteiger partial charge in [0, 0.05) is 29.5 Å². The van der Waals surface area contributed by atoms with Crippen molar-refractivity contribution in [1.29, 1.82) is 0 Å². The molecule has 0 radical (unpaired) electrons. The first-order valence-electron chi connectivity index (χ1n) is 16.2. The van der Waals surface area contributed by atoms with Gasteiger partial charge in [0.15, 0.2) is 5.82 Å². The molecule has 0 spiro atoms. The second-order valence-corrected chi connectivity index (χ2v) is 19.2. The molecule has 4 saturated carbocycles. The van der Waals surface area contributed by atoms with Crippen molar-refractivity contribution in [2.75, 3.05) is 16.3 Å². The van der Waals surface area contributed by atoms with E-state index in [1.54, 1.807) is 0 Å². The lowest BCUT2D eigenvalue weighted by Crippen LogP contribution is -2.70. The molecule has 0 amide bonds. The molecule has 284 valence electrons. The van der Waals surface area contributed by atoms with Crippen molar-refractivity contribution < 1.29 is 47.6 Å². The molecule has 0 saturated heterocycles. The van der Waals surface area contributed by atoms with Gasteiger partial charge in [-0.15, -0.1) is 11.3 Å². The quantitative estimate of drug-likeness (QED) is 0.161. The van der Waals surface area contributed by atoms with Gasteiger partial charge in [0.1, 0.15) is 19.7 Å². The Labute approximate surface area is 308 Å². The summed E-state index contributed by atoms with van der Waals surface area (Å²) in [4.78, 5) is 12.4. The lowest BCUT2D eigenvalue weighted by atomic mass is 9.35. The largest absolute Gasteiger partial charge is 0.417 e. The smallest absolute Gasteiger partial charge is 0.351 e. The zero-order chi connectivity index (χ0) is 38.4. The molecule has 4 aliphatic rings. The lowest BCUT2D eigenvalue weighted by molar-refractivity contribution is -0.337. The van der Waals surface area contributed by atoms with Crippen LogP contribution in [0, 0.1) is 11.2 Å². The first kappa shape index (κ1) is 37.8. The molecule has 4 aromatic rings. The Morgan fingerprint density at radius 3 is 2.19 bits per heavy atom. The maximum absolute atomic E-state index is 16.4. The van der Waals surface area contributed by atoms with Crippen LogP contribution in [0.1, 0.15) is 55.5 Å². The normalized spacial score (nSPS) is 24.6. The number of rotatable bonds is 9. The average Bonchev–Trinajstić information content (AvgIpc) is 3.44. The van der Waals surface area contributed by atoms with Crippen molar-refractivity contribution in [2.24, 2.45) is 5.41 Å². The summed E-state index contributed by atoms with van der Waals surface area (Å²) >= 11 is 6.93. The van der Waals surface area contributed by atoms with Gasteiger partial charge < -0.3 is 5.32 Å². The number of alkyl halides is 6. The van der Waals surface area contributed by atoms with Crippen molar-refractivity contribution in [3.63, 3.8) is 0 Å². The highest BCUT2D eigenvalue weighted by molar-refractivity contribution is 7.93. The molecule has 20 heteroatoms. The predicted molar refractivity (Wildman–Crippen MR) is 184 cm³/mol. The summed E-state index contributed by atoms with van der Waals surface area (Å²) in [7, 11) is -8.33. The summed E-state index contributed by atoms with van der Waals surface area (Å²) in [5, 5.41) is 2.30. The van der Waals surface area contributed by atoms with Gasteiger partial charge in [0.05, 0.1) is 43.2 Å². The van der Waals surface area contributed by atoms with Gasteiger partial charge in [0.25, 0.3) is 10.0 Å². The fraction of sp³-hybridized carbons (Fsp3) is 0.424. The van der Waals surface area contributed by atoms with Crippen molar-refractivity contribution in [1.82, 2.24) is 15.0 Å². The molecule has 2 bridgehead atoms. The summed E-state index contributed by atoms with van der Waals surface area (Å²) in [6.45, 7) is 0. The van der Waals surface area contributed by atoms with Gasteiger partial charge in [-0.25, -0.2) is 36.2 Å². The number of anilines is 2. The van der Waals surface area contributed by atoms with Crippen LogP contribution in [-0.2, 0) is 31.5 Å². The molecule has 53 heavy (non-hydrogen) atoms. The van der Waals surface area contributed by atoms with Crippen LogP contribution in [0.3, 0.4) is 0 Å². The number of benzene rings is 2. The number of hydrogen-bond donors (Lipinski definition) is 2. The first-order valence-corrected chi connectivity index (χ1v) is 20.8. The first-order chi connectivity index (χ1) is 24.6. The van der Waals surface area contributed by atoms with E-state index >= 15 is 4.39 Å². The van der Waals surface area contributed by atoms with Gasteiger partial charge in [-0.3, -0.25) is 4.72 Å². The number of hydrogen-bond acceptors (Lipinski definition) is 9. The molecule has 2 heterocycles. The van der Waals surface area contributed by atoms with E-state index in [4.69, 9.17) is 11.6 Å². The number of nitrogens with one attached hydrogen (secondary N) is 2. The Hall–Kier alpha value is -3.55. The zero-order valence-electron chi connectivity index (χ0n) is 27.4. The maximum atomic E-state index is 16.4. The number of halogens is 8. The number of thiazole rings is 1. The van der Waals surface area contributed by atoms with Crippen LogP contribution in [0.2, 0.25) is 5.02 Å². The summed E-state index contributed by atoms with van der Waals surface area (Å²) in [5.74, 6) is -1.05. The minimum Gasteiger partial charge on any atom is -0.351 e. The predicted octanol–water partition coefficient (Wildman–Crippen LogP) is 8.63. The molecule has 0 aliphatic heterocycles. The van der Waals surface area contributed by atoms with Gasteiger partial charge in [-0.1, -0.05) is 23.7 Å². The van der Waals surface area contributed by atoms with Crippen molar-refractivity contribution >= 4 is 54.4 Å². The Morgan fingerprint density at radius 1 is 0.906 bits per heavy atom. The molecule has 2 aromatic heterocycles. The average molecular weight is 824 g/mol. The summed E-state index contributed by atoms with van der Waals surface area (Å²) in [6.07, 6.45) is -5.59. The third kappa shape index (κ3) is 6.75. The van der Waals surface area contributed by atoms with Crippen LogP contribution in [0.15, 0.2) is 53.6 Å². The Morgan fingerprint density at radius 2 is 1.57 bits per heavy atom. The van der Waals surface area contributed by atoms with Crippen LogP contribution in [-0.4, -0.2) is 55.5 Å². The van der Waals surface area contributed by atoms with Gasteiger partial charge in [0.2, 0.25) is 5.95 Å². The molecular weight excluding hydrogens is 795 g/mol. The summed E-state index contributed by atoms with van der Waals surface area (Å²) in [5.41, 5.74) is -5.16. The third-order valence-corrected chi connectivity index (χ3v) is 15.2. The molecule has 0 unspecified atom stereocenters. The second-order valence-electron chi connectivity index (χ2n) is 13.9. The third-order valence-electron chi connectivity index (χ3n) is 10.3. The van der Waals surface area contributed by atoms with Crippen LogP contribution in [0.5, 0.6) is 0 Å². The minimum absolute atomic E-state index is 0.0682. The fourth-order valence-corrected chi connectivity index (χ4v) is 11.8. The molecule has 2 aromatic carbocycles. The van der Waals surface area contributed by atoms with E-state index in [0.29, 0.717) is 36.8 Å². The summed E-state index contributed by atoms with van der Waals surface area (Å²) < 4.78 is 152. The molecule has 0 atom stereocenters. The molecule has 2 N–H and O–H groups in total. The Bertz CT molecular complexity index is 2310. The van der Waals surface area contributed by atoms with Crippen LogP contribution in [0.25, 0.3) is 21.8 Å². The van der Waals surface area contributed by atoms with E-state index in [2.05, 4.69) is 20.3 Å². The number of nitrogens with zero attached hydrogens (tertiary/aromatic N) is 3. The standard InChI is InChI=1S/C33H29ClF7N5O4S3/c1-52(47,48)18-10-8-17(9-11-18)43-29-42-13-12-23(44-29)26-25(45-28(51-26)30-14-31(15-30,16-30)33(39,40)41)19-4-2-7-22(24(19)35)46-53(49,50)27-20(32(36,37)38)5-3-6-21(27)34/h2-7,12-13,17-18,46H,8-11,14-16H2,1H3,(H,42,43,44). The molecule has 8 rings (SSSR count). The van der Waals surface area contributed by atoms with Gasteiger partial charge in [-0.2, -0.15) is 26.3 Å².